The minimum Gasteiger partial charge on any atom is -0.370 e. The van der Waals surface area contributed by atoms with Crippen molar-refractivity contribution in [2.75, 3.05) is 0 Å². The van der Waals surface area contributed by atoms with Crippen molar-refractivity contribution in [3.05, 3.63) is 29.6 Å². The molecule has 0 amide bonds. The SMILES string of the molecule is Cc1ccnc(CN=C(N)NC2CCCCCC2)c1. The summed E-state index contributed by atoms with van der Waals surface area (Å²) in [6, 6.07) is 4.53. The van der Waals surface area contributed by atoms with E-state index in [1.54, 1.807) is 0 Å². The van der Waals surface area contributed by atoms with Gasteiger partial charge in [-0.15, -0.1) is 0 Å². The first-order valence-electron chi connectivity index (χ1n) is 7.22. The maximum Gasteiger partial charge on any atom is 0.189 e. The molecule has 1 aromatic rings. The van der Waals surface area contributed by atoms with Crippen molar-refractivity contribution >= 4 is 5.96 Å². The molecule has 1 aromatic heterocycles. The van der Waals surface area contributed by atoms with Crippen molar-refractivity contribution in [3.8, 4) is 0 Å². The Morgan fingerprint density at radius 2 is 2.11 bits per heavy atom. The second-order valence-electron chi connectivity index (χ2n) is 5.36. The molecule has 19 heavy (non-hydrogen) atoms. The Balaban J connectivity index is 1.84. The number of guanidine groups is 1. The van der Waals surface area contributed by atoms with E-state index in [1.807, 2.05) is 18.3 Å². The number of nitrogens with two attached hydrogens (primary N) is 1. The summed E-state index contributed by atoms with van der Waals surface area (Å²) in [5, 5.41) is 3.34. The van der Waals surface area contributed by atoms with Gasteiger partial charge in [0.1, 0.15) is 0 Å². The van der Waals surface area contributed by atoms with Crippen LogP contribution in [-0.4, -0.2) is 17.0 Å². The Hall–Kier alpha value is -1.58. The van der Waals surface area contributed by atoms with Gasteiger partial charge in [-0.2, -0.15) is 0 Å². The molecule has 0 atom stereocenters. The van der Waals surface area contributed by atoms with Crippen LogP contribution in [0.25, 0.3) is 0 Å². The smallest absolute Gasteiger partial charge is 0.189 e. The van der Waals surface area contributed by atoms with Gasteiger partial charge < -0.3 is 11.1 Å². The Labute approximate surface area is 115 Å². The molecule has 1 fully saturated rings. The van der Waals surface area contributed by atoms with E-state index in [2.05, 4.69) is 22.2 Å². The predicted molar refractivity (Wildman–Crippen MR) is 78.9 cm³/mol. The molecule has 0 aliphatic heterocycles. The van der Waals surface area contributed by atoms with E-state index in [0.717, 1.165) is 5.69 Å². The molecule has 1 aliphatic carbocycles. The molecule has 0 radical (unpaired) electrons. The largest absolute Gasteiger partial charge is 0.370 e. The topological polar surface area (TPSA) is 63.3 Å². The number of hydrogen-bond acceptors (Lipinski definition) is 2. The van der Waals surface area contributed by atoms with Crippen molar-refractivity contribution in [2.45, 2.75) is 58.0 Å². The van der Waals surface area contributed by atoms with Gasteiger partial charge in [-0.25, -0.2) is 4.99 Å². The van der Waals surface area contributed by atoms with Gasteiger partial charge >= 0.3 is 0 Å². The first-order valence-corrected chi connectivity index (χ1v) is 7.22. The van der Waals surface area contributed by atoms with Crippen LogP contribution in [0.5, 0.6) is 0 Å². The summed E-state index contributed by atoms with van der Waals surface area (Å²) in [7, 11) is 0. The van der Waals surface area contributed by atoms with Crippen molar-refractivity contribution in [1.82, 2.24) is 10.3 Å². The molecule has 104 valence electrons. The van der Waals surface area contributed by atoms with Gasteiger partial charge in [0.05, 0.1) is 12.2 Å². The molecule has 0 spiro atoms. The summed E-state index contributed by atoms with van der Waals surface area (Å²) >= 11 is 0. The molecule has 1 saturated carbocycles. The Morgan fingerprint density at radius 1 is 1.37 bits per heavy atom. The minimum atomic E-state index is 0.497. The average molecular weight is 260 g/mol. The van der Waals surface area contributed by atoms with Gasteiger partial charge in [0, 0.05) is 12.2 Å². The summed E-state index contributed by atoms with van der Waals surface area (Å²) in [6.45, 7) is 2.61. The van der Waals surface area contributed by atoms with Crippen LogP contribution in [0, 0.1) is 6.92 Å². The van der Waals surface area contributed by atoms with Crippen LogP contribution in [0.4, 0.5) is 0 Å². The molecular formula is C15H24N4. The minimum absolute atomic E-state index is 0.497. The lowest BCUT2D eigenvalue weighted by molar-refractivity contribution is 0.530. The number of nitrogens with zero attached hydrogens (tertiary/aromatic N) is 2. The van der Waals surface area contributed by atoms with Crippen LogP contribution in [0.2, 0.25) is 0 Å². The lowest BCUT2D eigenvalue weighted by Crippen LogP contribution is -2.39. The van der Waals surface area contributed by atoms with Crippen molar-refractivity contribution in [1.29, 1.82) is 0 Å². The van der Waals surface area contributed by atoms with E-state index in [1.165, 1.54) is 44.1 Å². The van der Waals surface area contributed by atoms with E-state index in [0.29, 0.717) is 18.5 Å². The van der Waals surface area contributed by atoms with Gasteiger partial charge in [-0.1, -0.05) is 25.7 Å². The van der Waals surface area contributed by atoms with Gasteiger partial charge in [0.15, 0.2) is 5.96 Å². The Kier molecular flexibility index (Phi) is 5.19. The summed E-state index contributed by atoms with van der Waals surface area (Å²) < 4.78 is 0. The molecule has 3 N–H and O–H groups in total. The number of aliphatic imine (C=N–C) groups is 1. The number of aryl methyl sites for hydroxylation is 1. The number of pyridine rings is 1. The summed E-state index contributed by atoms with van der Waals surface area (Å²) in [4.78, 5) is 8.66. The molecular weight excluding hydrogens is 236 g/mol. The summed E-state index contributed by atoms with van der Waals surface area (Å²) in [5.41, 5.74) is 8.12. The number of aromatic nitrogens is 1. The van der Waals surface area contributed by atoms with Crippen LogP contribution < -0.4 is 11.1 Å². The third kappa shape index (κ3) is 4.89. The van der Waals surface area contributed by atoms with Crippen LogP contribution in [0.1, 0.15) is 49.8 Å². The fourth-order valence-corrected chi connectivity index (χ4v) is 2.53. The first-order chi connectivity index (χ1) is 9.24. The third-order valence-electron chi connectivity index (χ3n) is 3.59. The van der Waals surface area contributed by atoms with Crippen LogP contribution >= 0.6 is 0 Å². The van der Waals surface area contributed by atoms with E-state index in [4.69, 9.17) is 5.73 Å². The van der Waals surface area contributed by atoms with Gasteiger partial charge in [-0.3, -0.25) is 4.98 Å². The zero-order valence-corrected chi connectivity index (χ0v) is 11.7. The predicted octanol–water partition coefficient (Wildman–Crippen LogP) is 2.52. The molecule has 0 aromatic carbocycles. The maximum absolute atomic E-state index is 5.95. The zero-order valence-electron chi connectivity index (χ0n) is 11.7. The fraction of sp³-hybridized carbons (Fsp3) is 0.600. The van der Waals surface area contributed by atoms with Gasteiger partial charge in [-0.05, 0) is 37.5 Å². The number of rotatable bonds is 3. The molecule has 0 saturated heterocycles. The standard InChI is InChI=1S/C15H24N4/c1-12-8-9-17-14(10-12)11-18-15(16)19-13-6-4-2-3-5-7-13/h8-10,13H,2-7,11H2,1H3,(H3,16,18,19). The summed E-state index contributed by atoms with van der Waals surface area (Å²) in [6.07, 6.45) is 9.52. The van der Waals surface area contributed by atoms with Gasteiger partial charge in [0.2, 0.25) is 0 Å². The van der Waals surface area contributed by atoms with Gasteiger partial charge in [0.25, 0.3) is 0 Å². The lowest BCUT2D eigenvalue weighted by Gasteiger charge is -2.16. The molecule has 4 nitrogen and oxygen atoms in total. The highest BCUT2D eigenvalue weighted by Gasteiger charge is 2.12. The summed E-state index contributed by atoms with van der Waals surface area (Å²) in [5.74, 6) is 0.551. The van der Waals surface area contributed by atoms with E-state index >= 15 is 0 Å². The highest BCUT2D eigenvalue weighted by atomic mass is 15.1. The maximum atomic E-state index is 5.95. The molecule has 0 bridgehead atoms. The second kappa shape index (κ2) is 7.12. The van der Waals surface area contributed by atoms with Crippen LogP contribution in [0.3, 0.4) is 0 Å². The molecule has 1 heterocycles. The third-order valence-corrected chi connectivity index (χ3v) is 3.59. The quantitative estimate of drug-likeness (QED) is 0.498. The van der Waals surface area contributed by atoms with E-state index in [-0.39, 0.29) is 0 Å². The first kappa shape index (κ1) is 13.8. The van der Waals surface area contributed by atoms with Crippen LogP contribution in [-0.2, 0) is 6.54 Å². The number of hydrogen-bond donors (Lipinski definition) is 2. The Bertz CT molecular complexity index is 420. The Morgan fingerprint density at radius 3 is 2.79 bits per heavy atom. The van der Waals surface area contributed by atoms with Crippen molar-refractivity contribution in [3.63, 3.8) is 0 Å². The zero-order chi connectivity index (χ0) is 13.5. The van der Waals surface area contributed by atoms with E-state index in [9.17, 15) is 0 Å². The molecule has 1 aliphatic rings. The molecule has 0 unspecified atom stereocenters. The normalized spacial score (nSPS) is 18.1. The lowest BCUT2D eigenvalue weighted by atomic mass is 10.1. The van der Waals surface area contributed by atoms with E-state index < -0.39 is 0 Å². The highest BCUT2D eigenvalue weighted by molar-refractivity contribution is 5.78. The second-order valence-corrected chi connectivity index (χ2v) is 5.36. The molecule has 4 heteroatoms. The fourth-order valence-electron chi connectivity index (χ4n) is 2.53. The monoisotopic (exact) mass is 260 g/mol. The average Bonchev–Trinajstić information content (AvgIpc) is 2.65. The van der Waals surface area contributed by atoms with Crippen molar-refractivity contribution in [2.24, 2.45) is 10.7 Å². The van der Waals surface area contributed by atoms with Crippen LogP contribution in [0.15, 0.2) is 23.3 Å². The highest BCUT2D eigenvalue weighted by Crippen LogP contribution is 2.16. The molecule has 2 rings (SSSR count). The van der Waals surface area contributed by atoms with Crippen molar-refractivity contribution < 1.29 is 0 Å². The number of nitrogens with one attached hydrogen (secondary N) is 1.